The van der Waals surface area contributed by atoms with Gasteiger partial charge in [-0.25, -0.2) is 4.79 Å². The molecule has 2 atom stereocenters. The van der Waals surface area contributed by atoms with Crippen molar-refractivity contribution in [3.05, 3.63) is 17.5 Å². The Morgan fingerprint density at radius 2 is 2.26 bits per heavy atom. The van der Waals surface area contributed by atoms with E-state index in [2.05, 4.69) is 5.16 Å². The van der Waals surface area contributed by atoms with Gasteiger partial charge in [0.1, 0.15) is 11.8 Å². The van der Waals surface area contributed by atoms with Gasteiger partial charge in [0.05, 0.1) is 5.37 Å². The second kappa shape index (κ2) is 5.24. The molecule has 1 aromatic rings. The molecule has 0 spiro atoms. The number of hydrogen-bond acceptors (Lipinski definition) is 5. The van der Waals surface area contributed by atoms with Crippen molar-refractivity contribution in [1.29, 1.82) is 0 Å². The second-order valence-electron chi connectivity index (χ2n) is 4.86. The highest BCUT2D eigenvalue weighted by molar-refractivity contribution is 8.00. The molecule has 104 valence electrons. The normalized spacial score (nSPS) is 23.1. The number of nitrogens with zero attached hydrogens (tertiary/aromatic N) is 2. The number of carboxylic acid groups (broad SMARTS) is 1. The van der Waals surface area contributed by atoms with Crippen LogP contribution in [0.1, 0.15) is 30.1 Å². The van der Waals surface area contributed by atoms with E-state index in [0.29, 0.717) is 11.5 Å². The van der Waals surface area contributed by atoms with Crippen molar-refractivity contribution < 1.29 is 19.2 Å². The first kappa shape index (κ1) is 13.9. The lowest BCUT2D eigenvalue weighted by Crippen LogP contribution is -2.47. The Labute approximate surface area is 115 Å². The number of thioether (sulfide) groups is 1. The van der Waals surface area contributed by atoms with Gasteiger partial charge in [-0.3, -0.25) is 4.79 Å². The van der Waals surface area contributed by atoms with Crippen LogP contribution in [-0.4, -0.2) is 44.2 Å². The summed E-state index contributed by atoms with van der Waals surface area (Å²) in [6.45, 7) is 5.63. The number of aromatic nitrogens is 1. The standard InChI is InChI=1S/C12H16N2O4S/c1-6(2)11-14(9(5-19-11)12(16)17)10(15)8-4-7(3)18-13-8/h4,6,9,11H,5H2,1-3H3,(H,16,17). The van der Waals surface area contributed by atoms with Crippen molar-refractivity contribution in [1.82, 2.24) is 10.1 Å². The van der Waals surface area contributed by atoms with E-state index in [1.54, 1.807) is 6.92 Å². The summed E-state index contributed by atoms with van der Waals surface area (Å²) in [5.41, 5.74) is 0.164. The Morgan fingerprint density at radius 3 is 2.74 bits per heavy atom. The minimum Gasteiger partial charge on any atom is -0.480 e. The molecule has 1 aliphatic rings. The number of aryl methyl sites for hydroxylation is 1. The van der Waals surface area contributed by atoms with Crippen molar-refractivity contribution in [3.8, 4) is 0 Å². The third-order valence-corrected chi connectivity index (χ3v) is 4.59. The van der Waals surface area contributed by atoms with E-state index in [1.807, 2.05) is 13.8 Å². The fourth-order valence-corrected chi connectivity index (χ4v) is 3.56. The minimum atomic E-state index is -0.982. The molecule has 1 aromatic heterocycles. The maximum Gasteiger partial charge on any atom is 0.327 e. The maximum atomic E-state index is 12.4. The zero-order valence-corrected chi connectivity index (χ0v) is 11.8. The maximum absolute atomic E-state index is 12.4. The van der Waals surface area contributed by atoms with Gasteiger partial charge in [-0.05, 0) is 12.8 Å². The minimum absolute atomic E-state index is 0.148. The van der Waals surface area contributed by atoms with Gasteiger partial charge >= 0.3 is 5.97 Å². The van der Waals surface area contributed by atoms with Crippen LogP contribution >= 0.6 is 11.8 Å². The zero-order valence-electron chi connectivity index (χ0n) is 11.0. The first-order chi connectivity index (χ1) is 8.91. The highest BCUT2D eigenvalue weighted by Gasteiger charge is 2.43. The molecular formula is C12H16N2O4S. The van der Waals surface area contributed by atoms with Crippen molar-refractivity contribution >= 4 is 23.6 Å². The van der Waals surface area contributed by atoms with Crippen molar-refractivity contribution in [3.63, 3.8) is 0 Å². The van der Waals surface area contributed by atoms with Gasteiger partial charge < -0.3 is 14.5 Å². The van der Waals surface area contributed by atoms with Crippen molar-refractivity contribution in [2.75, 3.05) is 5.75 Å². The highest BCUT2D eigenvalue weighted by atomic mass is 32.2. The van der Waals surface area contributed by atoms with E-state index in [1.165, 1.54) is 22.7 Å². The van der Waals surface area contributed by atoms with Crippen LogP contribution < -0.4 is 0 Å². The van der Waals surface area contributed by atoms with E-state index in [9.17, 15) is 14.7 Å². The molecule has 1 aliphatic heterocycles. The molecule has 1 fully saturated rings. The molecule has 0 aliphatic carbocycles. The summed E-state index contributed by atoms with van der Waals surface area (Å²) in [5.74, 6) is -0.257. The lowest BCUT2D eigenvalue weighted by Gasteiger charge is -2.28. The molecule has 1 amide bonds. The Bertz CT molecular complexity index is 500. The van der Waals surface area contributed by atoms with Crippen LogP contribution in [0, 0.1) is 12.8 Å². The van der Waals surface area contributed by atoms with Gasteiger partial charge in [-0.2, -0.15) is 0 Å². The summed E-state index contributed by atoms with van der Waals surface area (Å²) in [6, 6.07) is 0.726. The molecule has 0 saturated carbocycles. The third kappa shape index (κ3) is 2.60. The SMILES string of the molecule is Cc1cc(C(=O)N2C(C(=O)O)CSC2C(C)C)no1. The van der Waals surface area contributed by atoms with Gasteiger partial charge in [0.25, 0.3) is 5.91 Å². The fourth-order valence-electron chi connectivity index (χ4n) is 2.09. The number of hydrogen-bond donors (Lipinski definition) is 1. The molecule has 2 unspecified atom stereocenters. The molecular weight excluding hydrogens is 268 g/mol. The van der Waals surface area contributed by atoms with Crippen LogP contribution in [0.25, 0.3) is 0 Å². The van der Waals surface area contributed by atoms with E-state index >= 15 is 0 Å². The van der Waals surface area contributed by atoms with Crippen molar-refractivity contribution in [2.24, 2.45) is 5.92 Å². The zero-order chi connectivity index (χ0) is 14.2. The molecule has 19 heavy (non-hydrogen) atoms. The van der Waals surface area contributed by atoms with Gasteiger partial charge in [-0.1, -0.05) is 19.0 Å². The summed E-state index contributed by atoms with van der Waals surface area (Å²) in [6.07, 6.45) is 0. The number of carbonyl (C=O) groups excluding carboxylic acids is 1. The Balaban J connectivity index is 2.30. The summed E-state index contributed by atoms with van der Waals surface area (Å²) in [5, 5.41) is 12.8. The van der Waals surface area contributed by atoms with Gasteiger partial charge in [0.2, 0.25) is 0 Å². The van der Waals surface area contributed by atoms with Gasteiger partial charge in [-0.15, -0.1) is 11.8 Å². The summed E-state index contributed by atoms with van der Waals surface area (Å²) < 4.78 is 4.88. The molecule has 1 saturated heterocycles. The van der Waals surface area contributed by atoms with Crippen LogP contribution in [-0.2, 0) is 4.79 Å². The number of amides is 1. The van der Waals surface area contributed by atoms with Gasteiger partial charge in [0.15, 0.2) is 5.69 Å². The highest BCUT2D eigenvalue weighted by Crippen LogP contribution is 2.35. The first-order valence-corrected chi connectivity index (χ1v) is 7.07. The fraction of sp³-hybridized carbons (Fsp3) is 0.583. The Kier molecular flexibility index (Phi) is 3.84. The van der Waals surface area contributed by atoms with E-state index < -0.39 is 12.0 Å². The van der Waals surface area contributed by atoms with Crippen LogP contribution in [0.15, 0.2) is 10.6 Å². The van der Waals surface area contributed by atoms with Crippen molar-refractivity contribution in [2.45, 2.75) is 32.2 Å². The Hall–Kier alpha value is -1.50. The predicted molar refractivity (Wildman–Crippen MR) is 69.9 cm³/mol. The van der Waals surface area contributed by atoms with Crippen LogP contribution in [0.3, 0.4) is 0 Å². The number of aliphatic carboxylic acids is 1. The lowest BCUT2D eigenvalue weighted by molar-refractivity contribution is -0.141. The number of carboxylic acids is 1. The summed E-state index contributed by atoms with van der Waals surface area (Å²) in [4.78, 5) is 25.1. The monoisotopic (exact) mass is 284 g/mol. The van der Waals surface area contributed by atoms with Crippen LogP contribution in [0.4, 0.5) is 0 Å². The second-order valence-corrected chi connectivity index (χ2v) is 6.01. The smallest absolute Gasteiger partial charge is 0.327 e. The van der Waals surface area contributed by atoms with Crippen LogP contribution in [0.5, 0.6) is 0 Å². The molecule has 2 heterocycles. The molecule has 1 N–H and O–H groups in total. The summed E-state index contributed by atoms with van der Waals surface area (Å²) >= 11 is 1.49. The summed E-state index contributed by atoms with van der Waals surface area (Å²) in [7, 11) is 0. The lowest BCUT2D eigenvalue weighted by atomic mass is 10.1. The first-order valence-electron chi connectivity index (χ1n) is 6.02. The molecule has 0 bridgehead atoms. The van der Waals surface area contributed by atoms with E-state index in [0.717, 1.165) is 0 Å². The molecule has 7 heteroatoms. The topological polar surface area (TPSA) is 83.6 Å². The molecule has 6 nitrogen and oxygen atoms in total. The molecule has 0 aromatic carbocycles. The number of carbonyl (C=O) groups is 2. The van der Waals surface area contributed by atoms with E-state index in [4.69, 9.17) is 4.52 Å². The quantitative estimate of drug-likeness (QED) is 0.907. The van der Waals surface area contributed by atoms with Crippen LogP contribution in [0.2, 0.25) is 0 Å². The average molecular weight is 284 g/mol. The molecule has 0 radical (unpaired) electrons. The number of rotatable bonds is 3. The largest absolute Gasteiger partial charge is 0.480 e. The predicted octanol–water partition coefficient (Wildman–Crippen LogP) is 1.61. The van der Waals surface area contributed by atoms with E-state index in [-0.39, 0.29) is 22.9 Å². The molecule has 2 rings (SSSR count). The third-order valence-electron chi connectivity index (χ3n) is 2.97. The average Bonchev–Trinajstić information content (AvgIpc) is 2.93. The van der Waals surface area contributed by atoms with Gasteiger partial charge in [0, 0.05) is 11.8 Å². The Morgan fingerprint density at radius 1 is 1.58 bits per heavy atom.